The Hall–Kier alpha value is -1.06. The summed E-state index contributed by atoms with van der Waals surface area (Å²) >= 11 is 0. The van der Waals surface area contributed by atoms with Gasteiger partial charge in [-0.3, -0.25) is 9.59 Å². The molecule has 4 heteroatoms. The smallest absolute Gasteiger partial charge is 0.225 e. The lowest BCUT2D eigenvalue weighted by atomic mass is 9.62. The molecule has 1 spiro atoms. The van der Waals surface area contributed by atoms with Crippen molar-refractivity contribution in [3.8, 4) is 0 Å². The summed E-state index contributed by atoms with van der Waals surface area (Å²) in [5.41, 5.74) is 0.343. The minimum absolute atomic E-state index is 0.0853. The molecule has 2 amide bonds. The van der Waals surface area contributed by atoms with Gasteiger partial charge < -0.3 is 9.80 Å². The zero-order valence-corrected chi connectivity index (χ0v) is 14.1. The van der Waals surface area contributed by atoms with E-state index in [9.17, 15) is 9.59 Å². The lowest BCUT2D eigenvalue weighted by molar-refractivity contribution is -0.134. The van der Waals surface area contributed by atoms with E-state index in [0.717, 1.165) is 45.4 Å². The van der Waals surface area contributed by atoms with E-state index >= 15 is 0 Å². The van der Waals surface area contributed by atoms with Crippen LogP contribution in [0, 0.1) is 17.3 Å². The predicted octanol–water partition coefficient (Wildman–Crippen LogP) is 2.67. The number of rotatable bonds is 4. The van der Waals surface area contributed by atoms with E-state index in [0.29, 0.717) is 29.6 Å². The fourth-order valence-corrected chi connectivity index (χ4v) is 4.58. The fourth-order valence-electron chi connectivity index (χ4n) is 4.58. The lowest BCUT2D eigenvalue weighted by Crippen LogP contribution is -2.39. The highest BCUT2D eigenvalue weighted by molar-refractivity contribution is 5.78. The Morgan fingerprint density at radius 1 is 1.09 bits per heavy atom. The molecule has 0 aromatic heterocycles. The molecule has 3 aliphatic rings. The molecule has 124 valence electrons. The molecule has 4 nitrogen and oxygen atoms in total. The predicted molar refractivity (Wildman–Crippen MR) is 86.2 cm³/mol. The van der Waals surface area contributed by atoms with E-state index in [4.69, 9.17) is 0 Å². The van der Waals surface area contributed by atoms with Crippen molar-refractivity contribution in [2.45, 2.75) is 58.8 Å². The van der Waals surface area contributed by atoms with Gasteiger partial charge in [0.05, 0.1) is 0 Å². The standard InChI is InChI=1S/C18H30N2O2/c1-14(2)17(22)20-12-15(18(13-20)8-5-9-18)6-7-16(21)19-10-3-4-11-19/h14-15H,3-13H2,1-2H3. The minimum Gasteiger partial charge on any atom is -0.343 e. The Labute approximate surface area is 134 Å². The first-order valence-electron chi connectivity index (χ1n) is 9.08. The number of hydrogen-bond donors (Lipinski definition) is 0. The highest BCUT2D eigenvalue weighted by Crippen LogP contribution is 2.53. The molecule has 0 N–H and O–H groups in total. The first kappa shape index (κ1) is 15.8. The normalized spacial score (nSPS) is 26.8. The van der Waals surface area contributed by atoms with Crippen LogP contribution in [0.4, 0.5) is 0 Å². The molecule has 1 atom stereocenters. The van der Waals surface area contributed by atoms with Gasteiger partial charge in [-0.2, -0.15) is 0 Å². The molecule has 1 unspecified atom stereocenters. The average molecular weight is 306 g/mol. The van der Waals surface area contributed by atoms with Gasteiger partial charge in [0.2, 0.25) is 11.8 Å². The molecule has 0 aromatic rings. The van der Waals surface area contributed by atoms with Gasteiger partial charge in [0, 0.05) is 38.5 Å². The maximum atomic E-state index is 12.3. The van der Waals surface area contributed by atoms with Crippen LogP contribution in [0.2, 0.25) is 0 Å². The van der Waals surface area contributed by atoms with E-state index < -0.39 is 0 Å². The summed E-state index contributed by atoms with van der Waals surface area (Å²) < 4.78 is 0. The van der Waals surface area contributed by atoms with Crippen molar-refractivity contribution in [2.75, 3.05) is 26.2 Å². The molecule has 22 heavy (non-hydrogen) atoms. The first-order chi connectivity index (χ1) is 10.5. The van der Waals surface area contributed by atoms with E-state index in [1.807, 2.05) is 18.7 Å². The highest BCUT2D eigenvalue weighted by Gasteiger charge is 2.51. The van der Waals surface area contributed by atoms with Crippen molar-refractivity contribution in [2.24, 2.45) is 17.3 Å². The van der Waals surface area contributed by atoms with Crippen molar-refractivity contribution < 1.29 is 9.59 Å². The monoisotopic (exact) mass is 306 g/mol. The summed E-state index contributed by atoms with van der Waals surface area (Å²) in [5.74, 6) is 1.25. The van der Waals surface area contributed by atoms with Gasteiger partial charge >= 0.3 is 0 Å². The number of likely N-dealkylation sites (tertiary alicyclic amines) is 2. The minimum atomic E-state index is 0.0853. The molecular formula is C18H30N2O2. The van der Waals surface area contributed by atoms with Crippen LogP contribution in [0.15, 0.2) is 0 Å². The summed E-state index contributed by atoms with van der Waals surface area (Å²) in [5, 5.41) is 0. The number of amides is 2. The summed E-state index contributed by atoms with van der Waals surface area (Å²) in [7, 11) is 0. The third-order valence-corrected chi connectivity index (χ3v) is 6.13. The fraction of sp³-hybridized carbons (Fsp3) is 0.889. The Kier molecular flexibility index (Phi) is 4.47. The van der Waals surface area contributed by atoms with Crippen molar-refractivity contribution in [1.82, 2.24) is 9.80 Å². The van der Waals surface area contributed by atoms with Crippen LogP contribution in [0.5, 0.6) is 0 Å². The second-order valence-electron chi connectivity index (χ2n) is 7.91. The molecule has 3 rings (SSSR count). The van der Waals surface area contributed by atoms with Crippen molar-refractivity contribution in [1.29, 1.82) is 0 Å². The van der Waals surface area contributed by atoms with Crippen LogP contribution < -0.4 is 0 Å². The van der Waals surface area contributed by atoms with Crippen LogP contribution in [-0.2, 0) is 9.59 Å². The zero-order chi connectivity index (χ0) is 15.7. The molecule has 1 saturated carbocycles. The summed E-state index contributed by atoms with van der Waals surface area (Å²) in [4.78, 5) is 28.7. The number of carbonyl (C=O) groups excluding carboxylic acids is 2. The van der Waals surface area contributed by atoms with Crippen LogP contribution in [0.25, 0.3) is 0 Å². The lowest BCUT2D eigenvalue weighted by Gasteiger charge is -2.43. The van der Waals surface area contributed by atoms with Crippen LogP contribution in [0.3, 0.4) is 0 Å². The molecule has 2 saturated heterocycles. The van der Waals surface area contributed by atoms with E-state index in [1.54, 1.807) is 0 Å². The maximum Gasteiger partial charge on any atom is 0.225 e. The molecule has 0 aromatic carbocycles. The largest absolute Gasteiger partial charge is 0.343 e. The molecule has 1 aliphatic carbocycles. The maximum absolute atomic E-state index is 12.3. The molecule has 2 heterocycles. The van der Waals surface area contributed by atoms with Gasteiger partial charge in [0.1, 0.15) is 0 Å². The SMILES string of the molecule is CC(C)C(=O)N1CC(CCC(=O)N2CCCC2)C2(CCC2)C1. The second kappa shape index (κ2) is 6.21. The second-order valence-corrected chi connectivity index (χ2v) is 7.91. The summed E-state index contributed by atoms with van der Waals surface area (Å²) in [6.07, 6.45) is 7.76. The topological polar surface area (TPSA) is 40.6 Å². The Bertz CT molecular complexity index is 436. The van der Waals surface area contributed by atoms with Crippen molar-refractivity contribution >= 4 is 11.8 Å². The number of carbonyl (C=O) groups is 2. The van der Waals surface area contributed by atoms with E-state index in [2.05, 4.69) is 4.90 Å². The van der Waals surface area contributed by atoms with Gasteiger partial charge in [0.25, 0.3) is 0 Å². The quantitative estimate of drug-likeness (QED) is 0.801. The van der Waals surface area contributed by atoms with Crippen LogP contribution in [0.1, 0.15) is 58.8 Å². The van der Waals surface area contributed by atoms with Gasteiger partial charge in [-0.1, -0.05) is 20.3 Å². The molecule has 0 radical (unpaired) electrons. The van der Waals surface area contributed by atoms with Crippen molar-refractivity contribution in [3.05, 3.63) is 0 Å². The Morgan fingerprint density at radius 3 is 2.32 bits per heavy atom. The van der Waals surface area contributed by atoms with Gasteiger partial charge in [-0.05, 0) is 43.4 Å². The number of nitrogens with zero attached hydrogens (tertiary/aromatic N) is 2. The molecule has 2 aliphatic heterocycles. The van der Waals surface area contributed by atoms with Crippen LogP contribution >= 0.6 is 0 Å². The number of hydrogen-bond acceptors (Lipinski definition) is 2. The first-order valence-corrected chi connectivity index (χ1v) is 9.08. The summed E-state index contributed by atoms with van der Waals surface area (Å²) in [6, 6.07) is 0. The third-order valence-electron chi connectivity index (χ3n) is 6.13. The third kappa shape index (κ3) is 2.89. The Balaban J connectivity index is 1.57. The van der Waals surface area contributed by atoms with Gasteiger partial charge in [-0.15, -0.1) is 0 Å². The van der Waals surface area contributed by atoms with E-state index in [1.165, 1.54) is 19.3 Å². The van der Waals surface area contributed by atoms with Crippen LogP contribution in [-0.4, -0.2) is 47.8 Å². The highest BCUT2D eigenvalue weighted by atomic mass is 16.2. The molecular weight excluding hydrogens is 276 g/mol. The molecule has 3 fully saturated rings. The summed E-state index contributed by atoms with van der Waals surface area (Å²) in [6.45, 7) is 7.69. The molecule has 0 bridgehead atoms. The van der Waals surface area contributed by atoms with E-state index in [-0.39, 0.29) is 5.92 Å². The van der Waals surface area contributed by atoms with Gasteiger partial charge in [0.15, 0.2) is 0 Å². The average Bonchev–Trinajstić information content (AvgIpc) is 3.10. The van der Waals surface area contributed by atoms with Gasteiger partial charge in [-0.25, -0.2) is 0 Å². The Morgan fingerprint density at radius 2 is 1.77 bits per heavy atom. The zero-order valence-electron chi connectivity index (χ0n) is 14.1. The van der Waals surface area contributed by atoms with Crippen molar-refractivity contribution in [3.63, 3.8) is 0 Å².